The lowest BCUT2D eigenvalue weighted by atomic mass is 10.3. The highest BCUT2D eigenvalue weighted by atomic mass is 127. The Kier molecular flexibility index (Phi) is 13.2. The normalized spacial score (nSPS) is 16.6. The maximum absolute atomic E-state index is 4.31. The van der Waals surface area contributed by atoms with Crippen LogP contribution in [0, 0.1) is 0 Å². The van der Waals surface area contributed by atoms with Crippen LogP contribution in [0.25, 0.3) is 0 Å². The second-order valence-corrected chi connectivity index (χ2v) is 7.61. The number of rotatable bonds is 8. The molecule has 0 unspecified atom stereocenters. The number of hydrogen-bond donors (Lipinski definition) is 2. The SMILES string of the molecule is CN=C(NCCCN1CCCN(C)CC1)NCCSc1ccccc1.I. The first-order valence-electron chi connectivity index (χ1n) is 9.31. The third-order valence-electron chi connectivity index (χ3n) is 4.39. The standard InChI is InChI=1S/C19H33N5S.HI/c1-20-19(22-11-17-25-18-8-4-3-5-9-18)21-10-6-13-24-14-7-12-23(2)15-16-24;/h3-5,8-9H,6-7,10-17H2,1-2H3,(H2,20,21,22);1H. The fourth-order valence-electron chi connectivity index (χ4n) is 2.91. The Balaban J connectivity index is 0.00000338. The molecule has 26 heavy (non-hydrogen) atoms. The molecule has 5 nitrogen and oxygen atoms in total. The zero-order valence-corrected chi connectivity index (χ0v) is 19.3. The molecule has 0 bridgehead atoms. The van der Waals surface area contributed by atoms with Crippen LogP contribution >= 0.6 is 35.7 Å². The third kappa shape index (κ3) is 9.99. The molecule has 1 aromatic carbocycles. The average molecular weight is 491 g/mol. The van der Waals surface area contributed by atoms with E-state index in [-0.39, 0.29) is 24.0 Å². The van der Waals surface area contributed by atoms with Crippen LogP contribution in [-0.2, 0) is 0 Å². The molecule has 1 saturated heterocycles. The van der Waals surface area contributed by atoms with Gasteiger partial charge in [-0.15, -0.1) is 35.7 Å². The van der Waals surface area contributed by atoms with E-state index in [0.717, 1.165) is 31.2 Å². The van der Waals surface area contributed by atoms with Crippen molar-refractivity contribution in [2.24, 2.45) is 4.99 Å². The summed E-state index contributed by atoms with van der Waals surface area (Å²) < 4.78 is 0. The quantitative estimate of drug-likeness (QED) is 0.193. The number of halogens is 1. The van der Waals surface area contributed by atoms with E-state index in [2.05, 4.69) is 62.8 Å². The fourth-order valence-corrected chi connectivity index (χ4v) is 3.70. The van der Waals surface area contributed by atoms with Gasteiger partial charge >= 0.3 is 0 Å². The van der Waals surface area contributed by atoms with E-state index in [4.69, 9.17) is 0 Å². The minimum atomic E-state index is 0. The van der Waals surface area contributed by atoms with E-state index in [1.54, 1.807) is 0 Å². The Bertz CT molecular complexity index is 500. The highest BCUT2D eigenvalue weighted by Crippen LogP contribution is 2.15. The molecule has 0 aromatic heterocycles. The number of likely N-dealkylation sites (N-methyl/N-ethyl adjacent to an activating group) is 1. The Morgan fingerprint density at radius 3 is 2.62 bits per heavy atom. The van der Waals surface area contributed by atoms with Crippen molar-refractivity contribution in [3.63, 3.8) is 0 Å². The first-order valence-corrected chi connectivity index (χ1v) is 10.3. The van der Waals surface area contributed by atoms with Gasteiger partial charge < -0.3 is 20.4 Å². The zero-order valence-electron chi connectivity index (χ0n) is 16.1. The molecule has 148 valence electrons. The molecule has 0 spiro atoms. The summed E-state index contributed by atoms with van der Waals surface area (Å²) in [6.45, 7) is 7.90. The summed E-state index contributed by atoms with van der Waals surface area (Å²) in [4.78, 5) is 10.6. The summed E-state index contributed by atoms with van der Waals surface area (Å²) in [5.41, 5.74) is 0. The van der Waals surface area contributed by atoms with Crippen molar-refractivity contribution in [3.05, 3.63) is 30.3 Å². The van der Waals surface area contributed by atoms with E-state index in [9.17, 15) is 0 Å². The van der Waals surface area contributed by atoms with Crippen LogP contribution in [0.3, 0.4) is 0 Å². The van der Waals surface area contributed by atoms with Crippen LogP contribution in [0.4, 0.5) is 0 Å². The first-order chi connectivity index (χ1) is 12.3. The summed E-state index contributed by atoms with van der Waals surface area (Å²) in [6.07, 6.45) is 2.44. The van der Waals surface area contributed by atoms with Crippen LogP contribution in [-0.4, -0.2) is 81.4 Å². The summed E-state index contributed by atoms with van der Waals surface area (Å²) in [6, 6.07) is 10.5. The molecule has 1 aliphatic rings. The van der Waals surface area contributed by atoms with Gasteiger partial charge in [0.25, 0.3) is 0 Å². The number of nitrogens with zero attached hydrogens (tertiary/aromatic N) is 3. The monoisotopic (exact) mass is 491 g/mol. The molecule has 1 heterocycles. The van der Waals surface area contributed by atoms with Crippen LogP contribution in [0.2, 0.25) is 0 Å². The van der Waals surface area contributed by atoms with Gasteiger partial charge in [-0.2, -0.15) is 0 Å². The lowest BCUT2D eigenvalue weighted by molar-refractivity contribution is 0.274. The van der Waals surface area contributed by atoms with E-state index < -0.39 is 0 Å². The van der Waals surface area contributed by atoms with E-state index in [1.165, 1.54) is 44.0 Å². The van der Waals surface area contributed by atoms with E-state index in [0.29, 0.717) is 0 Å². The summed E-state index contributed by atoms with van der Waals surface area (Å²) in [7, 11) is 4.06. The van der Waals surface area contributed by atoms with E-state index >= 15 is 0 Å². The van der Waals surface area contributed by atoms with Crippen LogP contribution in [0.1, 0.15) is 12.8 Å². The smallest absolute Gasteiger partial charge is 0.191 e. The Morgan fingerprint density at radius 2 is 1.85 bits per heavy atom. The van der Waals surface area contributed by atoms with Gasteiger partial charge in [-0.25, -0.2) is 0 Å². The van der Waals surface area contributed by atoms with Gasteiger partial charge in [0.1, 0.15) is 0 Å². The summed E-state index contributed by atoms with van der Waals surface area (Å²) in [5, 5.41) is 6.82. The van der Waals surface area contributed by atoms with Gasteiger partial charge in [-0.1, -0.05) is 18.2 Å². The number of benzene rings is 1. The first kappa shape index (κ1) is 23.5. The number of guanidine groups is 1. The third-order valence-corrected chi connectivity index (χ3v) is 5.40. The lowest BCUT2D eigenvalue weighted by Gasteiger charge is -2.20. The molecular formula is C19H34IN5S. The number of hydrogen-bond acceptors (Lipinski definition) is 4. The van der Waals surface area contributed by atoms with Crippen molar-refractivity contribution >= 4 is 41.7 Å². The molecular weight excluding hydrogens is 457 g/mol. The zero-order chi connectivity index (χ0) is 17.7. The predicted octanol–water partition coefficient (Wildman–Crippen LogP) is 2.59. The molecule has 0 aliphatic carbocycles. The maximum Gasteiger partial charge on any atom is 0.191 e. The van der Waals surface area contributed by atoms with Gasteiger partial charge in [0.15, 0.2) is 5.96 Å². The fraction of sp³-hybridized carbons (Fsp3) is 0.632. The summed E-state index contributed by atoms with van der Waals surface area (Å²) in [5.74, 6) is 1.94. The Hall–Kier alpha value is -0.510. The minimum Gasteiger partial charge on any atom is -0.356 e. The lowest BCUT2D eigenvalue weighted by Crippen LogP contribution is -2.40. The molecule has 2 rings (SSSR count). The van der Waals surface area contributed by atoms with Gasteiger partial charge in [0, 0.05) is 43.9 Å². The van der Waals surface area contributed by atoms with Crippen molar-refractivity contribution in [2.45, 2.75) is 17.7 Å². The van der Waals surface area contributed by atoms with Gasteiger partial charge in [0.05, 0.1) is 0 Å². The Morgan fingerprint density at radius 1 is 1.08 bits per heavy atom. The van der Waals surface area contributed by atoms with Gasteiger partial charge in [0.2, 0.25) is 0 Å². The molecule has 0 saturated carbocycles. The largest absolute Gasteiger partial charge is 0.356 e. The molecule has 7 heteroatoms. The van der Waals surface area contributed by atoms with Crippen LogP contribution in [0.15, 0.2) is 40.2 Å². The molecule has 0 amide bonds. The minimum absolute atomic E-state index is 0. The second-order valence-electron chi connectivity index (χ2n) is 6.44. The average Bonchev–Trinajstić information content (AvgIpc) is 2.85. The van der Waals surface area contributed by atoms with Crippen molar-refractivity contribution in [2.75, 3.05) is 65.7 Å². The molecule has 1 aliphatic heterocycles. The van der Waals surface area contributed by atoms with E-state index in [1.807, 2.05) is 18.8 Å². The molecule has 1 fully saturated rings. The highest BCUT2D eigenvalue weighted by molar-refractivity contribution is 14.0. The number of aliphatic imine (C=N–C) groups is 1. The van der Waals surface area contributed by atoms with Crippen LogP contribution in [0.5, 0.6) is 0 Å². The highest BCUT2D eigenvalue weighted by Gasteiger charge is 2.11. The van der Waals surface area contributed by atoms with Crippen molar-refractivity contribution < 1.29 is 0 Å². The molecule has 0 atom stereocenters. The van der Waals surface area contributed by atoms with Crippen molar-refractivity contribution in [1.29, 1.82) is 0 Å². The predicted molar refractivity (Wildman–Crippen MR) is 125 cm³/mol. The maximum atomic E-state index is 4.31. The van der Waals surface area contributed by atoms with Crippen LogP contribution < -0.4 is 10.6 Å². The van der Waals surface area contributed by atoms with Gasteiger partial charge in [-0.3, -0.25) is 4.99 Å². The molecule has 1 aromatic rings. The number of nitrogens with one attached hydrogen (secondary N) is 2. The molecule has 2 N–H and O–H groups in total. The second kappa shape index (κ2) is 14.5. The molecule has 0 radical (unpaired) electrons. The van der Waals surface area contributed by atoms with Gasteiger partial charge in [-0.05, 0) is 51.7 Å². The van der Waals surface area contributed by atoms with Crippen molar-refractivity contribution in [3.8, 4) is 0 Å². The Labute approximate surface area is 180 Å². The summed E-state index contributed by atoms with van der Waals surface area (Å²) >= 11 is 1.87. The van der Waals surface area contributed by atoms with Crippen molar-refractivity contribution in [1.82, 2.24) is 20.4 Å². The number of thioether (sulfide) groups is 1. The topological polar surface area (TPSA) is 42.9 Å².